The van der Waals surface area contributed by atoms with Crippen molar-refractivity contribution in [3.8, 4) is 5.75 Å². The number of amides is 2. The third-order valence-electron chi connectivity index (χ3n) is 6.51. The van der Waals surface area contributed by atoms with Crippen molar-refractivity contribution in [3.05, 3.63) is 62.3 Å². The topological polar surface area (TPSA) is 101 Å². The fraction of sp³-hybridized carbons (Fsp3) is 0.435. The van der Waals surface area contributed by atoms with Crippen LogP contribution >= 0.6 is 11.6 Å². The van der Waals surface area contributed by atoms with Gasteiger partial charge in [-0.25, -0.2) is 4.39 Å². The molecule has 1 spiro atoms. The molecule has 1 saturated carbocycles. The highest BCUT2D eigenvalue weighted by Gasteiger charge is 2.53. The van der Waals surface area contributed by atoms with E-state index in [4.69, 9.17) is 16.3 Å². The number of fused-ring (bicyclic) bond motifs is 1. The number of nitrogens with zero attached hydrogens (tertiary/aromatic N) is 2. The summed E-state index contributed by atoms with van der Waals surface area (Å²) in [4.78, 5) is 40.4. The number of rotatable bonds is 6. The normalized spacial score (nSPS) is 21.6. The third-order valence-corrected chi connectivity index (χ3v) is 6.80. The number of aromatic hydroxyl groups is 1. The number of likely N-dealkylation sites (N-methyl/N-ethyl adjacent to an activating group) is 1. The van der Waals surface area contributed by atoms with Crippen LogP contribution in [0.2, 0.25) is 5.02 Å². The molecular formula is C23H25ClFN3O5. The number of carbonyl (C=O) groups is 2. The van der Waals surface area contributed by atoms with E-state index in [0.717, 1.165) is 12.8 Å². The van der Waals surface area contributed by atoms with E-state index >= 15 is 0 Å². The van der Waals surface area contributed by atoms with Gasteiger partial charge in [0.1, 0.15) is 11.4 Å². The maximum absolute atomic E-state index is 14.1. The van der Waals surface area contributed by atoms with Crippen molar-refractivity contribution in [2.75, 3.05) is 20.3 Å². The number of halogens is 2. The average molecular weight is 478 g/mol. The fourth-order valence-electron chi connectivity index (χ4n) is 5.06. The molecule has 2 amide bonds. The van der Waals surface area contributed by atoms with Crippen LogP contribution in [0.15, 0.2) is 29.2 Å². The first kappa shape index (κ1) is 23.3. The van der Waals surface area contributed by atoms with Crippen molar-refractivity contribution in [1.82, 2.24) is 14.8 Å². The second-order valence-electron chi connectivity index (χ2n) is 8.60. The summed E-state index contributed by atoms with van der Waals surface area (Å²) in [6.45, 7) is 3.02. The molecule has 33 heavy (non-hydrogen) atoms. The van der Waals surface area contributed by atoms with E-state index < -0.39 is 34.3 Å². The Hall–Kier alpha value is -2.91. The van der Waals surface area contributed by atoms with Gasteiger partial charge in [-0.2, -0.15) is 0 Å². The van der Waals surface area contributed by atoms with Gasteiger partial charge in [-0.3, -0.25) is 14.4 Å². The first-order valence-corrected chi connectivity index (χ1v) is 11.1. The minimum atomic E-state index is -0.948. The lowest BCUT2D eigenvalue weighted by Crippen LogP contribution is -2.65. The Bertz CT molecular complexity index is 1180. The second kappa shape index (κ2) is 8.79. The maximum Gasteiger partial charge on any atom is 0.275 e. The van der Waals surface area contributed by atoms with E-state index in [1.165, 1.54) is 22.9 Å². The van der Waals surface area contributed by atoms with Gasteiger partial charge in [0.2, 0.25) is 5.43 Å². The average Bonchev–Trinajstić information content (AvgIpc) is 2.76. The molecule has 2 aliphatic rings. The summed E-state index contributed by atoms with van der Waals surface area (Å²) in [7, 11) is 1.63. The molecule has 1 aromatic heterocycles. The number of ether oxygens (including phenoxy) is 1. The van der Waals surface area contributed by atoms with E-state index in [1.54, 1.807) is 18.1 Å². The second-order valence-corrected chi connectivity index (χ2v) is 9.00. The molecular weight excluding hydrogens is 453 g/mol. The Balaban J connectivity index is 1.63. The number of nitrogens with one attached hydrogen (secondary N) is 1. The molecule has 1 fully saturated rings. The van der Waals surface area contributed by atoms with Crippen LogP contribution in [-0.2, 0) is 17.8 Å². The predicted octanol–water partition coefficient (Wildman–Crippen LogP) is 2.55. The summed E-state index contributed by atoms with van der Waals surface area (Å²) in [5, 5.41) is 13.0. The third kappa shape index (κ3) is 3.89. The zero-order valence-electron chi connectivity index (χ0n) is 18.4. The molecule has 1 aromatic carbocycles. The molecule has 2 N–H and O–H groups in total. The van der Waals surface area contributed by atoms with Crippen molar-refractivity contribution >= 4 is 23.4 Å². The Morgan fingerprint density at radius 3 is 2.76 bits per heavy atom. The molecule has 0 saturated heterocycles. The molecule has 0 bridgehead atoms. The Kier molecular flexibility index (Phi) is 6.20. The predicted molar refractivity (Wildman–Crippen MR) is 119 cm³/mol. The first-order valence-electron chi connectivity index (χ1n) is 10.7. The molecule has 2 aromatic rings. The van der Waals surface area contributed by atoms with Crippen molar-refractivity contribution in [3.63, 3.8) is 0 Å². The Morgan fingerprint density at radius 1 is 1.36 bits per heavy atom. The minimum absolute atomic E-state index is 0.0789. The Labute approximate surface area is 194 Å². The molecule has 0 radical (unpaired) electrons. The monoisotopic (exact) mass is 477 g/mol. The van der Waals surface area contributed by atoms with Gasteiger partial charge in [-0.05, 0) is 31.7 Å². The van der Waals surface area contributed by atoms with Crippen LogP contribution in [-0.4, -0.2) is 52.2 Å². The summed E-state index contributed by atoms with van der Waals surface area (Å²) in [5.74, 6) is -2.34. The number of aromatic nitrogens is 1. The van der Waals surface area contributed by atoms with E-state index in [-0.39, 0.29) is 28.4 Å². The van der Waals surface area contributed by atoms with Crippen LogP contribution in [0, 0.1) is 11.7 Å². The number of benzene rings is 1. The van der Waals surface area contributed by atoms with Gasteiger partial charge in [-0.1, -0.05) is 23.7 Å². The summed E-state index contributed by atoms with van der Waals surface area (Å²) >= 11 is 5.77. The molecule has 0 unspecified atom stereocenters. The lowest BCUT2D eigenvalue weighted by Gasteiger charge is -2.56. The van der Waals surface area contributed by atoms with Crippen LogP contribution < -0.4 is 10.7 Å². The highest BCUT2D eigenvalue weighted by molar-refractivity contribution is 6.30. The van der Waals surface area contributed by atoms with Gasteiger partial charge in [0.25, 0.3) is 11.8 Å². The number of hydrogen-bond acceptors (Lipinski definition) is 5. The quantitative estimate of drug-likeness (QED) is 0.666. The number of hydrogen-bond donors (Lipinski definition) is 2. The van der Waals surface area contributed by atoms with Gasteiger partial charge < -0.3 is 24.6 Å². The Morgan fingerprint density at radius 2 is 2.09 bits per heavy atom. The molecule has 1 aliphatic carbocycles. The summed E-state index contributed by atoms with van der Waals surface area (Å²) < 4.78 is 20.8. The van der Waals surface area contributed by atoms with Gasteiger partial charge in [0, 0.05) is 45.1 Å². The van der Waals surface area contributed by atoms with Gasteiger partial charge in [-0.15, -0.1) is 0 Å². The lowest BCUT2D eigenvalue weighted by molar-refractivity contribution is -0.0533. The minimum Gasteiger partial charge on any atom is -0.503 e. The zero-order chi connectivity index (χ0) is 23.9. The molecule has 1 aliphatic heterocycles. The zero-order valence-corrected chi connectivity index (χ0v) is 19.1. The van der Waals surface area contributed by atoms with Crippen LogP contribution in [0.4, 0.5) is 4.39 Å². The SMILES string of the molecule is CCN1C(=O)c2c(O)c(=O)c(C(=O)NCc3cccc(Cl)c3F)cn2CC12CC(COC)C2. The van der Waals surface area contributed by atoms with E-state index in [0.29, 0.717) is 25.6 Å². The van der Waals surface area contributed by atoms with Gasteiger partial charge in [0.05, 0.1) is 10.6 Å². The number of carbonyl (C=O) groups excluding carboxylic acids is 2. The summed E-state index contributed by atoms with van der Waals surface area (Å²) in [5.41, 5.74) is -1.69. The fourth-order valence-corrected chi connectivity index (χ4v) is 5.25. The maximum atomic E-state index is 14.1. The standard InChI is InChI=1S/C23H25ClFN3O5/c1-3-28-22(32)18-20(30)19(29)15(10-27(18)12-23(28)7-13(8-23)11-33-2)21(31)26-9-14-5-4-6-16(24)17(14)25/h4-6,10,13,30H,3,7-9,11-12H2,1-2H3,(H,26,31). The van der Waals surface area contributed by atoms with Crippen LogP contribution in [0.5, 0.6) is 5.75 Å². The van der Waals surface area contributed by atoms with Crippen LogP contribution in [0.25, 0.3) is 0 Å². The number of methoxy groups -OCH3 is 1. The van der Waals surface area contributed by atoms with Crippen molar-refractivity contribution < 1.29 is 23.8 Å². The molecule has 10 heteroatoms. The van der Waals surface area contributed by atoms with Crippen molar-refractivity contribution in [2.45, 2.75) is 38.4 Å². The van der Waals surface area contributed by atoms with Gasteiger partial charge in [0.15, 0.2) is 11.4 Å². The first-order chi connectivity index (χ1) is 15.7. The van der Waals surface area contributed by atoms with Crippen molar-refractivity contribution in [1.29, 1.82) is 0 Å². The summed E-state index contributed by atoms with van der Waals surface area (Å²) in [6, 6.07) is 4.40. The summed E-state index contributed by atoms with van der Waals surface area (Å²) in [6.07, 6.45) is 2.75. The smallest absolute Gasteiger partial charge is 0.275 e. The lowest BCUT2D eigenvalue weighted by atomic mass is 9.66. The van der Waals surface area contributed by atoms with E-state index in [2.05, 4.69) is 5.32 Å². The highest BCUT2D eigenvalue weighted by atomic mass is 35.5. The highest BCUT2D eigenvalue weighted by Crippen LogP contribution is 2.47. The van der Waals surface area contributed by atoms with E-state index in [9.17, 15) is 23.9 Å². The van der Waals surface area contributed by atoms with Crippen molar-refractivity contribution in [2.24, 2.45) is 5.92 Å². The molecule has 4 rings (SSSR count). The number of pyridine rings is 1. The van der Waals surface area contributed by atoms with Crippen LogP contribution in [0.1, 0.15) is 46.2 Å². The molecule has 0 atom stereocenters. The molecule has 8 nitrogen and oxygen atoms in total. The van der Waals surface area contributed by atoms with Gasteiger partial charge >= 0.3 is 0 Å². The van der Waals surface area contributed by atoms with E-state index in [1.807, 2.05) is 6.92 Å². The molecule has 2 heterocycles. The largest absolute Gasteiger partial charge is 0.503 e. The van der Waals surface area contributed by atoms with Crippen LogP contribution in [0.3, 0.4) is 0 Å². The molecule has 176 valence electrons.